The minimum Gasteiger partial charge on any atom is -0.508 e. The first kappa shape index (κ1) is 18.7. The Kier molecular flexibility index (Phi) is 5.93. The van der Waals surface area contributed by atoms with Crippen LogP contribution in [-0.2, 0) is 16.0 Å². The van der Waals surface area contributed by atoms with E-state index in [9.17, 15) is 14.7 Å². The number of benzene rings is 2. The predicted molar refractivity (Wildman–Crippen MR) is 98.6 cm³/mol. The second kappa shape index (κ2) is 8.55. The zero-order chi connectivity index (χ0) is 19.2. The summed E-state index contributed by atoms with van der Waals surface area (Å²) in [5.74, 6) is 0.0551. The van der Waals surface area contributed by atoms with Gasteiger partial charge < -0.3 is 25.6 Å². The molecule has 1 aliphatic rings. The van der Waals surface area contributed by atoms with Crippen LogP contribution >= 0.6 is 0 Å². The summed E-state index contributed by atoms with van der Waals surface area (Å²) in [5.41, 5.74) is 6.37. The number of primary amides is 1. The summed E-state index contributed by atoms with van der Waals surface area (Å²) in [6.07, 6.45) is 0.466. The Balaban J connectivity index is 1.61. The number of phenolic OH excluding ortho intramolecular Hbond substituents is 1. The lowest BCUT2D eigenvalue weighted by molar-refractivity contribution is -0.123. The van der Waals surface area contributed by atoms with Crippen LogP contribution in [0.1, 0.15) is 22.3 Å². The average Bonchev–Trinajstić information content (AvgIpc) is 2.64. The molecule has 2 aromatic rings. The Bertz CT molecular complexity index is 806. The highest BCUT2D eigenvalue weighted by Crippen LogP contribution is 2.19. The maximum atomic E-state index is 12.4. The molecule has 7 heteroatoms. The van der Waals surface area contributed by atoms with Crippen LogP contribution in [-0.4, -0.2) is 42.3 Å². The number of ether oxygens (including phenoxy) is 2. The number of carbonyl (C=O) groups excluding carboxylic acids is 2. The first-order valence-corrected chi connectivity index (χ1v) is 8.73. The van der Waals surface area contributed by atoms with Crippen LogP contribution in [0.15, 0.2) is 48.5 Å². The quantitative estimate of drug-likeness (QED) is 0.712. The smallest absolute Gasteiger partial charge is 0.248 e. The van der Waals surface area contributed by atoms with Crippen molar-refractivity contribution >= 4 is 11.8 Å². The van der Waals surface area contributed by atoms with Crippen molar-refractivity contribution in [2.75, 3.05) is 13.2 Å². The van der Waals surface area contributed by atoms with Crippen LogP contribution in [0.3, 0.4) is 0 Å². The molecule has 2 aromatic carbocycles. The molecular weight excluding hydrogens is 348 g/mol. The molecule has 0 aromatic heterocycles. The average molecular weight is 370 g/mol. The van der Waals surface area contributed by atoms with Gasteiger partial charge in [-0.05, 0) is 48.4 Å². The van der Waals surface area contributed by atoms with E-state index in [-0.39, 0.29) is 30.2 Å². The highest BCUT2D eigenvalue weighted by Gasteiger charge is 2.29. The third-order valence-electron chi connectivity index (χ3n) is 4.35. The summed E-state index contributed by atoms with van der Waals surface area (Å²) in [7, 11) is 0. The van der Waals surface area contributed by atoms with Gasteiger partial charge in [0.15, 0.2) is 0 Å². The summed E-state index contributed by atoms with van der Waals surface area (Å²) in [5, 5.41) is 12.5. The first-order chi connectivity index (χ1) is 13.0. The van der Waals surface area contributed by atoms with E-state index in [1.807, 2.05) is 0 Å². The molecule has 0 bridgehead atoms. The molecule has 0 aliphatic carbocycles. The second-order valence-corrected chi connectivity index (χ2v) is 6.43. The summed E-state index contributed by atoms with van der Waals surface area (Å²) in [6.45, 7) is 0.895. The largest absolute Gasteiger partial charge is 0.508 e. The van der Waals surface area contributed by atoms with E-state index in [0.29, 0.717) is 30.9 Å². The minimum atomic E-state index is -0.500. The fourth-order valence-corrected chi connectivity index (χ4v) is 2.98. The van der Waals surface area contributed by atoms with Gasteiger partial charge in [-0.15, -0.1) is 0 Å². The van der Waals surface area contributed by atoms with Crippen LogP contribution in [0, 0.1) is 0 Å². The van der Waals surface area contributed by atoms with Gasteiger partial charge in [0.25, 0.3) is 0 Å². The van der Waals surface area contributed by atoms with Crippen LogP contribution in [0.4, 0.5) is 0 Å². The van der Waals surface area contributed by atoms with Gasteiger partial charge in [-0.1, -0.05) is 12.1 Å². The summed E-state index contributed by atoms with van der Waals surface area (Å²) < 4.78 is 11.4. The van der Waals surface area contributed by atoms with Crippen molar-refractivity contribution in [3.8, 4) is 11.5 Å². The molecule has 1 fully saturated rings. The fraction of sp³-hybridized carbons (Fsp3) is 0.300. The lowest BCUT2D eigenvalue weighted by Crippen LogP contribution is -2.51. The molecule has 4 N–H and O–H groups in total. The van der Waals surface area contributed by atoms with Gasteiger partial charge in [0.2, 0.25) is 11.8 Å². The van der Waals surface area contributed by atoms with Crippen molar-refractivity contribution in [1.82, 2.24) is 5.32 Å². The first-order valence-electron chi connectivity index (χ1n) is 8.73. The van der Waals surface area contributed by atoms with E-state index < -0.39 is 5.91 Å². The third kappa shape index (κ3) is 5.21. The Morgan fingerprint density at radius 2 is 2.00 bits per heavy atom. The number of aromatic hydroxyl groups is 1. The van der Waals surface area contributed by atoms with E-state index in [0.717, 1.165) is 5.56 Å². The standard InChI is InChI=1S/C20H22N2O5/c21-20(25)14-4-6-16(7-5-14)27-18-12-26-9-8-17(18)22-19(24)11-13-2-1-3-15(23)10-13/h1-7,10,17-18,23H,8-9,11-12H2,(H2,21,25)(H,22,24)/t17-,18-/m1/s1. The van der Waals surface area contributed by atoms with E-state index in [2.05, 4.69) is 5.32 Å². The van der Waals surface area contributed by atoms with Crippen molar-refractivity contribution in [3.63, 3.8) is 0 Å². The lowest BCUT2D eigenvalue weighted by atomic mass is 10.0. The number of nitrogens with one attached hydrogen (secondary N) is 1. The SMILES string of the molecule is NC(=O)c1ccc(O[C@@H]2COCC[C@H]2NC(=O)Cc2cccc(O)c2)cc1. The van der Waals surface area contributed by atoms with Gasteiger partial charge in [-0.2, -0.15) is 0 Å². The molecule has 142 valence electrons. The Morgan fingerprint density at radius 3 is 2.70 bits per heavy atom. The number of rotatable bonds is 6. The van der Waals surface area contributed by atoms with Gasteiger partial charge in [0.1, 0.15) is 17.6 Å². The van der Waals surface area contributed by atoms with Crippen LogP contribution in [0.5, 0.6) is 11.5 Å². The number of nitrogens with two attached hydrogens (primary N) is 1. The van der Waals surface area contributed by atoms with E-state index in [1.54, 1.807) is 48.5 Å². The van der Waals surface area contributed by atoms with Crippen molar-refractivity contribution in [2.45, 2.75) is 25.0 Å². The molecule has 0 unspecified atom stereocenters. The molecule has 2 atom stereocenters. The maximum Gasteiger partial charge on any atom is 0.248 e. The molecule has 27 heavy (non-hydrogen) atoms. The Morgan fingerprint density at radius 1 is 1.22 bits per heavy atom. The summed E-state index contributed by atoms with van der Waals surface area (Å²) >= 11 is 0. The molecule has 3 rings (SSSR count). The highest BCUT2D eigenvalue weighted by atomic mass is 16.5. The fourth-order valence-electron chi connectivity index (χ4n) is 2.98. The van der Waals surface area contributed by atoms with Crippen molar-refractivity contribution in [1.29, 1.82) is 0 Å². The molecule has 1 aliphatic heterocycles. The zero-order valence-corrected chi connectivity index (χ0v) is 14.8. The number of amides is 2. The van der Waals surface area contributed by atoms with Gasteiger partial charge in [-0.25, -0.2) is 0 Å². The molecule has 1 heterocycles. The number of hydrogen-bond donors (Lipinski definition) is 3. The molecule has 0 saturated carbocycles. The second-order valence-electron chi connectivity index (χ2n) is 6.43. The molecule has 2 amide bonds. The third-order valence-corrected chi connectivity index (χ3v) is 4.35. The van der Waals surface area contributed by atoms with Crippen LogP contribution < -0.4 is 15.8 Å². The van der Waals surface area contributed by atoms with Gasteiger partial charge in [0.05, 0.1) is 19.1 Å². The predicted octanol–water partition coefficient (Wildman–Crippen LogP) is 1.39. The monoisotopic (exact) mass is 370 g/mol. The van der Waals surface area contributed by atoms with Crippen molar-refractivity contribution in [3.05, 3.63) is 59.7 Å². The molecule has 7 nitrogen and oxygen atoms in total. The van der Waals surface area contributed by atoms with E-state index in [4.69, 9.17) is 15.2 Å². The highest BCUT2D eigenvalue weighted by molar-refractivity contribution is 5.92. The van der Waals surface area contributed by atoms with Crippen molar-refractivity contribution < 1.29 is 24.2 Å². The van der Waals surface area contributed by atoms with Gasteiger partial charge >= 0.3 is 0 Å². The van der Waals surface area contributed by atoms with Crippen LogP contribution in [0.2, 0.25) is 0 Å². The van der Waals surface area contributed by atoms with Crippen LogP contribution in [0.25, 0.3) is 0 Å². The molecule has 1 saturated heterocycles. The summed E-state index contributed by atoms with van der Waals surface area (Å²) in [4.78, 5) is 23.5. The Hall–Kier alpha value is -3.06. The van der Waals surface area contributed by atoms with E-state index in [1.165, 1.54) is 0 Å². The van der Waals surface area contributed by atoms with Crippen molar-refractivity contribution in [2.24, 2.45) is 5.73 Å². The number of carbonyl (C=O) groups is 2. The normalized spacial score (nSPS) is 19.3. The van der Waals surface area contributed by atoms with Gasteiger partial charge in [-0.3, -0.25) is 9.59 Å². The van der Waals surface area contributed by atoms with Gasteiger partial charge in [0, 0.05) is 12.2 Å². The minimum absolute atomic E-state index is 0.131. The Labute approximate surface area is 157 Å². The molecular formula is C20H22N2O5. The topological polar surface area (TPSA) is 111 Å². The zero-order valence-electron chi connectivity index (χ0n) is 14.8. The summed E-state index contributed by atoms with van der Waals surface area (Å²) in [6, 6.07) is 12.9. The van der Waals surface area contributed by atoms with E-state index >= 15 is 0 Å². The number of phenols is 1. The molecule has 0 spiro atoms. The number of hydrogen-bond acceptors (Lipinski definition) is 5. The maximum absolute atomic E-state index is 12.4. The lowest BCUT2D eigenvalue weighted by Gasteiger charge is -2.32. The molecule has 0 radical (unpaired) electrons.